The molecule has 3 N–H and O–H groups in total. The van der Waals surface area contributed by atoms with Crippen molar-refractivity contribution in [3.63, 3.8) is 0 Å². The summed E-state index contributed by atoms with van der Waals surface area (Å²) in [5, 5.41) is 6.82. The van der Waals surface area contributed by atoms with Gasteiger partial charge in [0, 0.05) is 45.3 Å². The van der Waals surface area contributed by atoms with Crippen molar-refractivity contribution in [3.8, 4) is 0 Å². The highest BCUT2D eigenvalue weighted by molar-refractivity contribution is 7.89. The van der Waals surface area contributed by atoms with Crippen molar-refractivity contribution in [1.29, 1.82) is 0 Å². The van der Waals surface area contributed by atoms with Gasteiger partial charge in [-0.3, -0.25) is 9.89 Å². The zero-order valence-electron chi connectivity index (χ0n) is 17.2. The van der Waals surface area contributed by atoms with Crippen LogP contribution in [-0.2, 0) is 16.6 Å². The van der Waals surface area contributed by atoms with Crippen molar-refractivity contribution in [3.05, 3.63) is 35.9 Å². The first-order valence-electron chi connectivity index (χ1n) is 10.3. The van der Waals surface area contributed by atoms with Crippen LogP contribution in [0.4, 0.5) is 0 Å². The third-order valence-electron chi connectivity index (χ3n) is 4.83. The number of likely N-dealkylation sites (tertiary alicyclic amines) is 1. The summed E-state index contributed by atoms with van der Waals surface area (Å²) in [5.41, 5.74) is 1.36. The zero-order valence-corrected chi connectivity index (χ0v) is 18.0. The number of nitrogens with zero attached hydrogens (tertiary/aromatic N) is 2. The smallest absolute Gasteiger partial charge is 0.211 e. The summed E-state index contributed by atoms with van der Waals surface area (Å²) in [7, 11) is -3.12. The number of rotatable bonds is 10. The molecule has 0 radical (unpaired) electrons. The molecule has 158 valence electrons. The third kappa shape index (κ3) is 8.58. The Balaban J connectivity index is 1.71. The van der Waals surface area contributed by atoms with Crippen molar-refractivity contribution in [1.82, 2.24) is 20.3 Å². The summed E-state index contributed by atoms with van der Waals surface area (Å²) in [6, 6.07) is 11.0. The van der Waals surface area contributed by atoms with Gasteiger partial charge in [0.05, 0.1) is 5.75 Å². The standard InChI is InChI=1S/C20H35N5O2S/c1-3-21-20(22-13-8-14-23-28(26,27)4-2)24-19-11-15-25(16-12-19)17-18-9-6-5-7-10-18/h5-7,9-10,19,23H,3-4,8,11-17H2,1-2H3,(H2,21,22,24). The maximum absolute atomic E-state index is 11.4. The maximum Gasteiger partial charge on any atom is 0.211 e. The van der Waals surface area contributed by atoms with Gasteiger partial charge in [-0.15, -0.1) is 0 Å². The van der Waals surface area contributed by atoms with E-state index >= 15 is 0 Å². The quantitative estimate of drug-likeness (QED) is 0.310. The molecule has 1 fully saturated rings. The minimum atomic E-state index is -3.12. The second-order valence-electron chi connectivity index (χ2n) is 7.09. The normalized spacial score (nSPS) is 16.9. The molecule has 1 aliphatic rings. The van der Waals surface area contributed by atoms with Gasteiger partial charge < -0.3 is 10.6 Å². The van der Waals surface area contributed by atoms with Crippen LogP contribution >= 0.6 is 0 Å². The molecule has 1 aromatic rings. The Labute approximate surface area is 170 Å². The van der Waals surface area contributed by atoms with Gasteiger partial charge >= 0.3 is 0 Å². The molecule has 0 saturated carbocycles. The maximum atomic E-state index is 11.4. The Bertz CT molecular complexity index is 686. The Morgan fingerprint density at radius 1 is 1.18 bits per heavy atom. The van der Waals surface area contributed by atoms with Crippen LogP contribution in [0.25, 0.3) is 0 Å². The first-order valence-corrected chi connectivity index (χ1v) is 12.0. The number of piperidine rings is 1. The minimum absolute atomic E-state index is 0.115. The van der Waals surface area contributed by atoms with Gasteiger partial charge in [-0.05, 0) is 38.7 Å². The SMILES string of the molecule is CCNC(=NCCCNS(=O)(=O)CC)NC1CCN(Cc2ccccc2)CC1. The molecule has 1 aromatic carbocycles. The Hall–Kier alpha value is -1.64. The van der Waals surface area contributed by atoms with Gasteiger partial charge in [-0.25, -0.2) is 13.1 Å². The number of benzene rings is 1. The van der Waals surface area contributed by atoms with Crippen molar-refractivity contribution < 1.29 is 8.42 Å². The molecule has 0 aliphatic carbocycles. The number of hydrogen-bond donors (Lipinski definition) is 3. The summed E-state index contributed by atoms with van der Waals surface area (Å²) in [5.74, 6) is 0.936. The van der Waals surface area contributed by atoms with Crippen LogP contribution in [0.1, 0.15) is 38.7 Å². The molecule has 0 bridgehead atoms. The lowest BCUT2D eigenvalue weighted by Gasteiger charge is -2.33. The first-order chi connectivity index (χ1) is 13.5. The molecule has 8 heteroatoms. The van der Waals surface area contributed by atoms with E-state index in [0.29, 0.717) is 25.6 Å². The van der Waals surface area contributed by atoms with E-state index in [1.165, 1.54) is 5.56 Å². The van der Waals surface area contributed by atoms with Crippen LogP contribution in [-0.4, -0.2) is 63.8 Å². The van der Waals surface area contributed by atoms with Gasteiger partial charge in [0.15, 0.2) is 5.96 Å². The van der Waals surface area contributed by atoms with E-state index in [9.17, 15) is 8.42 Å². The number of guanidine groups is 1. The fraction of sp³-hybridized carbons (Fsp3) is 0.650. The Morgan fingerprint density at radius 3 is 2.54 bits per heavy atom. The highest BCUT2D eigenvalue weighted by Gasteiger charge is 2.20. The fourth-order valence-corrected chi connectivity index (χ4v) is 3.85. The average molecular weight is 410 g/mol. The van der Waals surface area contributed by atoms with Gasteiger partial charge in [0.1, 0.15) is 0 Å². The molecule has 0 aromatic heterocycles. The van der Waals surface area contributed by atoms with Gasteiger partial charge in [0.2, 0.25) is 10.0 Å². The van der Waals surface area contributed by atoms with E-state index in [-0.39, 0.29) is 5.75 Å². The monoisotopic (exact) mass is 409 g/mol. The molecular formula is C20H35N5O2S. The Morgan fingerprint density at radius 2 is 1.89 bits per heavy atom. The van der Waals surface area contributed by atoms with Crippen LogP contribution < -0.4 is 15.4 Å². The predicted molar refractivity (Wildman–Crippen MR) is 116 cm³/mol. The van der Waals surface area contributed by atoms with Gasteiger partial charge in [-0.2, -0.15) is 0 Å². The van der Waals surface area contributed by atoms with Crippen LogP contribution in [0, 0.1) is 0 Å². The highest BCUT2D eigenvalue weighted by atomic mass is 32.2. The molecule has 0 unspecified atom stereocenters. The van der Waals surface area contributed by atoms with Crippen LogP contribution in [0.2, 0.25) is 0 Å². The lowest BCUT2D eigenvalue weighted by atomic mass is 10.0. The zero-order chi connectivity index (χ0) is 20.2. The van der Waals surface area contributed by atoms with Crippen molar-refractivity contribution in [2.45, 2.75) is 45.7 Å². The second kappa shape index (κ2) is 12.0. The van der Waals surface area contributed by atoms with E-state index in [1.54, 1.807) is 6.92 Å². The van der Waals surface area contributed by atoms with Gasteiger partial charge in [-0.1, -0.05) is 30.3 Å². The van der Waals surface area contributed by atoms with E-state index in [1.807, 2.05) is 0 Å². The summed E-state index contributed by atoms with van der Waals surface area (Å²) in [6.07, 6.45) is 2.87. The van der Waals surface area contributed by atoms with Crippen molar-refractivity contribution in [2.24, 2.45) is 4.99 Å². The van der Waals surface area contributed by atoms with E-state index < -0.39 is 10.0 Å². The molecule has 2 rings (SSSR count). The summed E-state index contributed by atoms with van der Waals surface area (Å²) < 4.78 is 25.4. The summed E-state index contributed by atoms with van der Waals surface area (Å²) >= 11 is 0. The average Bonchev–Trinajstić information content (AvgIpc) is 2.70. The molecule has 0 amide bonds. The molecule has 1 aliphatic heterocycles. The fourth-order valence-electron chi connectivity index (χ4n) is 3.19. The Kier molecular flexibility index (Phi) is 9.73. The molecule has 28 heavy (non-hydrogen) atoms. The minimum Gasteiger partial charge on any atom is -0.357 e. The van der Waals surface area contributed by atoms with E-state index in [0.717, 1.165) is 45.0 Å². The van der Waals surface area contributed by atoms with Crippen LogP contribution in [0.5, 0.6) is 0 Å². The number of nitrogens with one attached hydrogen (secondary N) is 3. The molecule has 1 saturated heterocycles. The summed E-state index contributed by atoms with van der Waals surface area (Å²) in [6.45, 7) is 8.67. The lowest BCUT2D eigenvalue weighted by Crippen LogP contribution is -2.48. The van der Waals surface area contributed by atoms with Crippen LogP contribution in [0.3, 0.4) is 0 Å². The van der Waals surface area contributed by atoms with Gasteiger partial charge in [0.25, 0.3) is 0 Å². The first kappa shape index (κ1) is 22.6. The van der Waals surface area contributed by atoms with E-state index in [4.69, 9.17) is 0 Å². The number of sulfonamides is 1. The molecule has 1 heterocycles. The topological polar surface area (TPSA) is 85.8 Å². The molecule has 0 spiro atoms. The third-order valence-corrected chi connectivity index (χ3v) is 6.23. The largest absolute Gasteiger partial charge is 0.357 e. The second-order valence-corrected chi connectivity index (χ2v) is 9.19. The molecule has 7 nitrogen and oxygen atoms in total. The van der Waals surface area contributed by atoms with E-state index in [2.05, 4.69) is 62.5 Å². The predicted octanol–water partition coefficient (Wildman–Crippen LogP) is 1.54. The molecular weight excluding hydrogens is 374 g/mol. The lowest BCUT2D eigenvalue weighted by molar-refractivity contribution is 0.198. The number of hydrogen-bond acceptors (Lipinski definition) is 4. The highest BCUT2D eigenvalue weighted by Crippen LogP contribution is 2.13. The van der Waals surface area contributed by atoms with Crippen LogP contribution in [0.15, 0.2) is 35.3 Å². The van der Waals surface area contributed by atoms with Crippen molar-refractivity contribution >= 4 is 16.0 Å². The van der Waals surface area contributed by atoms with Crippen molar-refractivity contribution in [2.75, 3.05) is 38.5 Å². The summed E-state index contributed by atoms with van der Waals surface area (Å²) in [4.78, 5) is 7.08. The number of aliphatic imine (C=N–C) groups is 1. The molecule has 0 atom stereocenters.